The molecule has 1 saturated heterocycles. The monoisotopic (exact) mass is 253 g/mol. The summed E-state index contributed by atoms with van der Waals surface area (Å²) in [5.74, 6) is 0. The van der Waals surface area contributed by atoms with Crippen LogP contribution in [0, 0.1) is 0 Å². The van der Waals surface area contributed by atoms with Crippen LogP contribution in [-0.4, -0.2) is 58.7 Å². The van der Waals surface area contributed by atoms with Crippen molar-refractivity contribution in [1.29, 1.82) is 0 Å². The molecule has 1 aromatic rings. The molecule has 1 N–H and O–H groups in total. The predicted molar refractivity (Wildman–Crippen MR) is 69.5 cm³/mol. The van der Waals surface area contributed by atoms with Gasteiger partial charge in [0.15, 0.2) is 0 Å². The van der Waals surface area contributed by atoms with Gasteiger partial charge in [0.2, 0.25) is 0 Å². The first-order chi connectivity index (χ1) is 8.78. The zero-order chi connectivity index (χ0) is 13.0. The Hall–Kier alpha value is -0.910. The van der Waals surface area contributed by atoms with Crippen molar-refractivity contribution in [2.24, 2.45) is 0 Å². The number of aliphatic hydroxyl groups excluding tert-OH is 1. The molecule has 102 valence electrons. The highest BCUT2D eigenvalue weighted by Gasteiger charge is 2.31. The topological polar surface area (TPSA) is 50.5 Å². The van der Waals surface area contributed by atoms with Crippen LogP contribution in [0.25, 0.3) is 0 Å². The maximum Gasteiger partial charge on any atom is 0.0714 e. The molecule has 0 aromatic carbocycles. The SMILES string of the molecule is CCn1nccc1CCN1C[C@H](OC)C[C@H]1CO. The average molecular weight is 253 g/mol. The number of hydrogen-bond acceptors (Lipinski definition) is 4. The summed E-state index contributed by atoms with van der Waals surface area (Å²) in [6.45, 7) is 5.10. The number of aliphatic hydroxyl groups is 1. The van der Waals surface area contributed by atoms with Gasteiger partial charge in [0, 0.05) is 51.1 Å². The van der Waals surface area contributed by atoms with Gasteiger partial charge in [-0.3, -0.25) is 9.58 Å². The van der Waals surface area contributed by atoms with Crippen LogP contribution in [0.1, 0.15) is 19.0 Å². The van der Waals surface area contributed by atoms with E-state index in [4.69, 9.17) is 4.74 Å². The van der Waals surface area contributed by atoms with E-state index in [-0.39, 0.29) is 18.8 Å². The minimum absolute atomic E-state index is 0.215. The fraction of sp³-hybridized carbons (Fsp3) is 0.769. The molecule has 2 heterocycles. The van der Waals surface area contributed by atoms with Crippen molar-refractivity contribution in [2.75, 3.05) is 26.8 Å². The lowest BCUT2D eigenvalue weighted by molar-refractivity contribution is 0.108. The van der Waals surface area contributed by atoms with Crippen LogP contribution < -0.4 is 0 Å². The Morgan fingerprint density at radius 3 is 3.06 bits per heavy atom. The van der Waals surface area contributed by atoms with E-state index in [2.05, 4.69) is 23.0 Å². The normalized spacial score (nSPS) is 24.8. The van der Waals surface area contributed by atoms with Crippen molar-refractivity contribution in [2.45, 2.75) is 38.5 Å². The van der Waals surface area contributed by atoms with Gasteiger partial charge >= 0.3 is 0 Å². The number of hydrogen-bond donors (Lipinski definition) is 1. The molecule has 5 nitrogen and oxygen atoms in total. The first kappa shape index (κ1) is 13.5. The van der Waals surface area contributed by atoms with E-state index in [1.54, 1.807) is 7.11 Å². The first-order valence-electron chi connectivity index (χ1n) is 6.66. The highest BCUT2D eigenvalue weighted by molar-refractivity contribution is 5.01. The maximum absolute atomic E-state index is 9.39. The van der Waals surface area contributed by atoms with Crippen LogP contribution in [0.15, 0.2) is 12.3 Å². The number of ether oxygens (including phenoxy) is 1. The Morgan fingerprint density at radius 1 is 1.56 bits per heavy atom. The van der Waals surface area contributed by atoms with Crippen molar-refractivity contribution in [1.82, 2.24) is 14.7 Å². The van der Waals surface area contributed by atoms with Gasteiger partial charge < -0.3 is 9.84 Å². The lowest BCUT2D eigenvalue weighted by Gasteiger charge is -2.22. The number of aryl methyl sites for hydroxylation is 1. The summed E-state index contributed by atoms with van der Waals surface area (Å²) >= 11 is 0. The maximum atomic E-state index is 9.39. The fourth-order valence-electron chi connectivity index (χ4n) is 2.69. The number of likely N-dealkylation sites (tertiary alicyclic amines) is 1. The van der Waals surface area contributed by atoms with Crippen molar-refractivity contribution >= 4 is 0 Å². The summed E-state index contributed by atoms with van der Waals surface area (Å²) in [6, 6.07) is 2.31. The molecule has 2 atom stereocenters. The summed E-state index contributed by atoms with van der Waals surface area (Å²) in [4.78, 5) is 2.32. The number of nitrogens with zero attached hydrogens (tertiary/aromatic N) is 3. The zero-order valence-electron chi connectivity index (χ0n) is 11.2. The molecule has 0 aliphatic carbocycles. The van der Waals surface area contributed by atoms with Crippen LogP contribution in [0.2, 0.25) is 0 Å². The third kappa shape index (κ3) is 2.91. The number of rotatable bonds is 6. The molecule has 0 saturated carbocycles. The Labute approximate surface area is 108 Å². The molecule has 0 bridgehead atoms. The molecule has 18 heavy (non-hydrogen) atoms. The third-order valence-corrected chi connectivity index (χ3v) is 3.79. The van der Waals surface area contributed by atoms with Gasteiger partial charge in [-0.05, 0) is 19.4 Å². The van der Waals surface area contributed by atoms with Crippen LogP contribution in [-0.2, 0) is 17.7 Å². The van der Waals surface area contributed by atoms with E-state index in [1.807, 2.05) is 10.9 Å². The van der Waals surface area contributed by atoms with Crippen LogP contribution >= 0.6 is 0 Å². The summed E-state index contributed by atoms with van der Waals surface area (Å²) in [7, 11) is 1.74. The van der Waals surface area contributed by atoms with E-state index >= 15 is 0 Å². The second-order valence-corrected chi connectivity index (χ2v) is 4.81. The second kappa shape index (κ2) is 6.31. The minimum Gasteiger partial charge on any atom is -0.395 e. The van der Waals surface area contributed by atoms with Crippen LogP contribution in [0.5, 0.6) is 0 Å². The summed E-state index contributed by atoms with van der Waals surface area (Å²) in [5, 5.41) is 13.7. The lowest BCUT2D eigenvalue weighted by atomic mass is 10.2. The first-order valence-corrected chi connectivity index (χ1v) is 6.66. The molecular formula is C13H23N3O2. The zero-order valence-corrected chi connectivity index (χ0v) is 11.2. The van der Waals surface area contributed by atoms with Crippen molar-refractivity contribution < 1.29 is 9.84 Å². The van der Waals surface area contributed by atoms with Gasteiger partial charge in [-0.2, -0.15) is 5.10 Å². The van der Waals surface area contributed by atoms with Crippen LogP contribution in [0.3, 0.4) is 0 Å². The van der Waals surface area contributed by atoms with E-state index in [1.165, 1.54) is 5.69 Å². The van der Waals surface area contributed by atoms with Gasteiger partial charge in [-0.15, -0.1) is 0 Å². The molecule has 0 spiro atoms. The number of aromatic nitrogens is 2. The molecule has 2 rings (SSSR count). The highest BCUT2D eigenvalue weighted by atomic mass is 16.5. The molecule has 1 aliphatic rings. The van der Waals surface area contributed by atoms with E-state index in [0.29, 0.717) is 0 Å². The van der Waals surface area contributed by atoms with Crippen molar-refractivity contribution in [3.8, 4) is 0 Å². The summed E-state index contributed by atoms with van der Waals surface area (Å²) in [6.07, 6.45) is 4.02. The molecule has 0 amide bonds. The van der Waals surface area contributed by atoms with Crippen LogP contribution in [0.4, 0.5) is 0 Å². The van der Waals surface area contributed by atoms with Crippen molar-refractivity contribution in [3.05, 3.63) is 18.0 Å². The van der Waals surface area contributed by atoms with Crippen molar-refractivity contribution in [3.63, 3.8) is 0 Å². The van der Waals surface area contributed by atoms with Gasteiger partial charge in [0.1, 0.15) is 0 Å². The second-order valence-electron chi connectivity index (χ2n) is 4.81. The molecule has 0 unspecified atom stereocenters. The Kier molecular flexibility index (Phi) is 4.74. The van der Waals surface area contributed by atoms with Gasteiger partial charge in [0.25, 0.3) is 0 Å². The Morgan fingerprint density at radius 2 is 2.39 bits per heavy atom. The quantitative estimate of drug-likeness (QED) is 0.803. The number of methoxy groups -OCH3 is 1. The molecule has 5 heteroatoms. The van der Waals surface area contributed by atoms with Gasteiger partial charge in [-0.1, -0.05) is 0 Å². The van der Waals surface area contributed by atoms with E-state index in [0.717, 1.165) is 32.5 Å². The summed E-state index contributed by atoms with van der Waals surface area (Å²) in [5.41, 5.74) is 1.26. The Balaban J connectivity index is 1.89. The highest BCUT2D eigenvalue weighted by Crippen LogP contribution is 2.19. The molecule has 1 aromatic heterocycles. The molecular weight excluding hydrogens is 230 g/mol. The molecule has 0 radical (unpaired) electrons. The largest absolute Gasteiger partial charge is 0.395 e. The lowest BCUT2D eigenvalue weighted by Crippen LogP contribution is -2.34. The molecule has 1 aliphatic heterocycles. The predicted octanol–water partition coefficient (Wildman–Crippen LogP) is 0.527. The fourth-order valence-corrected chi connectivity index (χ4v) is 2.69. The Bertz CT molecular complexity index is 367. The standard InChI is InChI=1S/C13H23N3O2/c1-3-16-11(4-6-14-16)5-7-15-9-13(18-2)8-12(15)10-17/h4,6,12-13,17H,3,5,7-10H2,1-2H3/t12-,13+/m0/s1. The van der Waals surface area contributed by atoms with Gasteiger partial charge in [0.05, 0.1) is 12.7 Å². The average Bonchev–Trinajstić information content (AvgIpc) is 3.01. The third-order valence-electron chi connectivity index (χ3n) is 3.79. The minimum atomic E-state index is 0.215. The molecule has 1 fully saturated rings. The van der Waals surface area contributed by atoms with E-state index in [9.17, 15) is 5.11 Å². The summed E-state index contributed by atoms with van der Waals surface area (Å²) < 4.78 is 7.41. The van der Waals surface area contributed by atoms with Gasteiger partial charge in [-0.25, -0.2) is 0 Å². The van der Waals surface area contributed by atoms with E-state index < -0.39 is 0 Å². The smallest absolute Gasteiger partial charge is 0.0714 e.